The van der Waals surface area contributed by atoms with E-state index in [-0.39, 0.29) is 40.8 Å². The molecule has 0 aromatic heterocycles. The molecule has 0 amide bonds. The second-order valence-corrected chi connectivity index (χ2v) is 1.47. The normalized spacial score (nSPS) is 6.09. The van der Waals surface area contributed by atoms with Crippen LogP contribution < -0.4 is 0 Å². The first-order valence-electron chi connectivity index (χ1n) is 3.24. The Morgan fingerprint density at radius 3 is 1.91 bits per heavy atom. The van der Waals surface area contributed by atoms with Crippen molar-refractivity contribution in [3.05, 3.63) is 35.9 Å². The molecule has 2 radical (unpaired) electrons. The van der Waals surface area contributed by atoms with Crippen molar-refractivity contribution in [2.75, 3.05) is 0 Å². The molecule has 0 heterocycles. The fourth-order valence-electron chi connectivity index (χ4n) is 0.425. The second kappa shape index (κ2) is 13.2. The molecule has 11 heavy (non-hydrogen) atoms. The van der Waals surface area contributed by atoms with Gasteiger partial charge in [-0.25, -0.2) is 0 Å². The molecule has 0 aliphatic carbocycles. The summed E-state index contributed by atoms with van der Waals surface area (Å²) in [6.07, 6.45) is 0. The summed E-state index contributed by atoms with van der Waals surface area (Å²) in [6.45, 7) is 6.01. The zero-order valence-electron chi connectivity index (χ0n) is 6.99. The Bertz CT molecular complexity index is 137. The van der Waals surface area contributed by atoms with E-state index in [9.17, 15) is 0 Å². The van der Waals surface area contributed by atoms with Gasteiger partial charge < -0.3 is 18.2 Å². The molecule has 1 aromatic carbocycles. The van der Waals surface area contributed by atoms with Crippen LogP contribution in [0.1, 0.15) is 19.4 Å². The van der Waals surface area contributed by atoms with E-state index in [4.69, 9.17) is 0 Å². The molecule has 0 atom stereocenters. The van der Waals surface area contributed by atoms with Crippen LogP contribution in [0.5, 0.6) is 0 Å². The number of benzene rings is 1. The van der Waals surface area contributed by atoms with E-state index >= 15 is 0 Å². The summed E-state index contributed by atoms with van der Waals surface area (Å²) in [7, 11) is 0. The van der Waals surface area contributed by atoms with Gasteiger partial charge in [-0.2, -0.15) is 0 Å². The molecule has 64 valence electrons. The van der Waals surface area contributed by atoms with Gasteiger partial charge >= 0.3 is 0 Å². The van der Waals surface area contributed by atoms with Crippen molar-refractivity contribution in [2.45, 2.75) is 20.8 Å². The van der Waals surface area contributed by atoms with Gasteiger partial charge in [0, 0.05) is 40.8 Å². The summed E-state index contributed by atoms with van der Waals surface area (Å²) in [5.41, 5.74) is 1.17. The van der Waals surface area contributed by atoms with Gasteiger partial charge in [0.25, 0.3) is 0 Å². The van der Waals surface area contributed by atoms with E-state index in [0.29, 0.717) is 0 Å². The predicted molar refractivity (Wildman–Crippen MR) is 40.2 cm³/mol. The van der Waals surface area contributed by atoms with Gasteiger partial charge in [-0.1, -0.05) is 20.8 Å². The molecule has 0 nitrogen and oxygen atoms in total. The van der Waals surface area contributed by atoms with E-state index in [2.05, 4.69) is 12.1 Å². The van der Waals surface area contributed by atoms with E-state index in [1.807, 2.05) is 32.9 Å². The smallest absolute Gasteiger partial charge is 0 e. The maximum atomic E-state index is 2.98. The van der Waals surface area contributed by atoms with Crippen molar-refractivity contribution >= 4 is 0 Å². The first-order chi connectivity index (χ1) is 4.39. The van der Waals surface area contributed by atoms with E-state index in [1.54, 1.807) is 6.07 Å². The standard InChI is InChI=1S/C7H6.C2H6.2Re/c1-7-5-3-2-4-6-7;1-2;;/h3-5H,1H3;1-2H3;;/q-2;;;. The molecular formula is C9H12Re2-2. The molecule has 0 spiro atoms. The largest absolute Gasteiger partial charge is 0.359 e. The van der Waals surface area contributed by atoms with Gasteiger partial charge in [-0.15, -0.1) is 0 Å². The summed E-state index contributed by atoms with van der Waals surface area (Å²) >= 11 is 0. The maximum Gasteiger partial charge on any atom is 0 e. The molecule has 0 bridgehead atoms. The van der Waals surface area contributed by atoms with Crippen LogP contribution in [0.15, 0.2) is 18.2 Å². The van der Waals surface area contributed by atoms with Crippen molar-refractivity contribution in [3.63, 3.8) is 0 Å². The van der Waals surface area contributed by atoms with Crippen molar-refractivity contribution < 1.29 is 40.8 Å². The van der Waals surface area contributed by atoms with Gasteiger partial charge in [-0.3, -0.25) is 17.7 Å². The number of rotatable bonds is 0. The Hall–Kier alpha value is 0.545. The first-order valence-corrected chi connectivity index (χ1v) is 3.24. The van der Waals surface area contributed by atoms with Gasteiger partial charge in [-0.05, 0) is 0 Å². The fraction of sp³-hybridized carbons (Fsp3) is 0.333. The number of aryl methyl sites for hydroxylation is 1. The SMILES string of the molecule is CC.Cc1[c-]c[c-]cc1.[Re].[Re]. The van der Waals surface area contributed by atoms with Gasteiger partial charge in [0.05, 0.1) is 0 Å². The summed E-state index contributed by atoms with van der Waals surface area (Å²) in [5, 5.41) is 0. The van der Waals surface area contributed by atoms with Crippen molar-refractivity contribution in [1.82, 2.24) is 0 Å². The van der Waals surface area contributed by atoms with Gasteiger partial charge in [0.1, 0.15) is 0 Å². The molecule has 1 aromatic rings. The summed E-state index contributed by atoms with van der Waals surface area (Å²) < 4.78 is 0. The molecule has 0 aliphatic rings. The van der Waals surface area contributed by atoms with Crippen LogP contribution in [0.2, 0.25) is 0 Å². The van der Waals surface area contributed by atoms with Crippen molar-refractivity contribution in [3.8, 4) is 0 Å². The van der Waals surface area contributed by atoms with Crippen LogP contribution >= 0.6 is 0 Å². The topological polar surface area (TPSA) is 0 Å². The third-order valence-electron chi connectivity index (χ3n) is 0.813. The minimum atomic E-state index is 0. The van der Waals surface area contributed by atoms with Crippen molar-refractivity contribution in [1.29, 1.82) is 0 Å². The molecule has 1 rings (SSSR count). The van der Waals surface area contributed by atoms with Crippen LogP contribution in [0.25, 0.3) is 0 Å². The monoisotopic (exact) mass is 494 g/mol. The Morgan fingerprint density at radius 2 is 1.73 bits per heavy atom. The molecule has 0 fully saturated rings. The quantitative estimate of drug-likeness (QED) is 0.489. The molecule has 0 aliphatic heterocycles. The zero-order chi connectivity index (χ0) is 7.11. The summed E-state index contributed by atoms with van der Waals surface area (Å²) in [4.78, 5) is 0. The molecule has 0 unspecified atom stereocenters. The Balaban J connectivity index is -0.000000149. The average molecular weight is 493 g/mol. The summed E-state index contributed by atoms with van der Waals surface area (Å²) in [6, 6.07) is 11.5. The van der Waals surface area contributed by atoms with Gasteiger partial charge in [0.2, 0.25) is 0 Å². The molecule has 0 saturated heterocycles. The van der Waals surface area contributed by atoms with E-state index in [1.165, 1.54) is 5.56 Å². The molecular weight excluding hydrogens is 481 g/mol. The third-order valence-corrected chi connectivity index (χ3v) is 0.813. The minimum absolute atomic E-state index is 0. The first kappa shape index (κ1) is 17.6. The molecule has 2 heteroatoms. The van der Waals surface area contributed by atoms with Crippen LogP contribution in [-0.2, 0) is 40.8 Å². The Morgan fingerprint density at radius 1 is 1.18 bits per heavy atom. The van der Waals surface area contributed by atoms with E-state index < -0.39 is 0 Å². The average Bonchev–Trinajstić information content (AvgIpc) is 1.94. The Labute approximate surface area is 97.1 Å². The molecule has 0 saturated carbocycles. The van der Waals surface area contributed by atoms with Crippen LogP contribution in [0, 0.1) is 19.1 Å². The second-order valence-electron chi connectivity index (χ2n) is 1.47. The van der Waals surface area contributed by atoms with Crippen molar-refractivity contribution in [2.24, 2.45) is 0 Å². The summed E-state index contributed by atoms with van der Waals surface area (Å²) in [5.74, 6) is 0. The third kappa shape index (κ3) is 10.5. The maximum absolute atomic E-state index is 2.98. The predicted octanol–water partition coefficient (Wildman–Crippen LogP) is 2.62. The van der Waals surface area contributed by atoms with Crippen LogP contribution in [-0.4, -0.2) is 0 Å². The number of hydrogen-bond donors (Lipinski definition) is 0. The van der Waals surface area contributed by atoms with Crippen LogP contribution in [0.4, 0.5) is 0 Å². The number of hydrogen-bond acceptors (Lipinski definition) is 0. The van der Waals surface area contributed by atoms with Crippen LogP contribution in [0.3, 0.4) is 0 Å². The fourth-order valence-corrected chi connectivity index (χ4v) is 0.425. The Kier molecular flexibility index (Phi) is 21.0. The zero-order valence-corrected chi connectivity index (χ0v) is 12.4. The minimum Gasteiger partial charge on any atom is -0.359 e. The van der Waals surface area contributed by atoms with E-state index in [0.717, 1.165) is 0 Å². The van der Waals surface area contributed by atoms with Gasteiger partial charge in [0.15, 0.2) is 0 Å². The molecule has 0 N–H and O–H groups in total.